The lowest BCUT2D eigenvalue weighted by atomic mass is 10.2. The van der Waals surface area contributed by atoms with Crippen LogP contribution in [0.5, 0.6) is 0 Å². The Morgan fingerprint density at radius 2 is 2.33 bits per heavy atom. The molecule has 1 heterocycles. The van der Waals surface area contributed by atoms with E-state index in [1.165, 1.54) is 6.20 Å². The number of carbonyl (C=O) groups is 2. The van der Waals surface area contributed by atoms with Crippen LogP contribution in [0.4, 0.5) is 0 Å². The molecule has 82 valence electrons. The Labute approximate surface area is 86.3 Å². The summed E-state index contributed by atoms with van der Waals surface area (Å²) >= 11 is 0. The average molecular weight is 212 g/mol. The predicted molar refractivity (Wildman–Crippen MR) is 50.4 cm³/mol. The summed E-state index contributed by atoms with van der Waals surface area (Å²) in [4.78, 5) is 25.7. The van der Waals surface area contributed by atoms with Crippen LogP contribution >= 0.6 is 0 Å². The Hall–Kier alpha value is -1.85. The molecule has 0 radical (unpaired) electrons. The van der Waals surface area contributed by atoms with Crippen LogP contribution in [-0.4, -0.2) is 28.0 Å². The number of carboxylic acid groups (broad SMARTS) is 1. The summed E-state index contributed by atoms with van der Waals surface area (Å²) in [6.45, 7) is 3.32. The van der Waals surface area contributed by atoms with Crippen molar-refractivity contribution in [2.75, 3.05) is 0 Å². The zero-order valence-electron chi connectivity index (χ0n) is 8.48. The van der Waals surface area contributed by atoms with Gasteiger partial charge in [0.1, 0.15) is 11.8 Å². The van der Waals surface area contributed by atoms with E-state index in [1.807, 2.05) is 0 Å². The molecular weight excluding hydrogens is 200 g/mol. The second-order valence-corrected chi connectivity index (χ2v) is 3.05. The smallest absolute Gasteiger partial charge is 0.326 e. The molecule has 0 spiro atoms. The van der Waals surface area contributed by atoms with E-state index >= 15 is 0 Å². The Balaban J connectivity index is 2.66. The number of hydrogen-bond donors (Lipinski definition) is 2. The lowest BCUT2D eigenvalue weighted by Gasteiger charge is -2.09. The second-order valence-electron chi connectivity index (χ2n) is 3.05. The Morgan fingerprint density at radius 3 is 2.73 bits per heavy atom. The van der Waals surface area contributed by atoms with Gasteiger partial charge in [0.25, 0.3) is 5.89 Å². The first-order valence-corrected chi connectivity index (χ1v) is 4.50. The predicted octanol–water partition coefficient (Wildman–Crippen LogP) is 0.576. The molecule has 15 heavy (non-hydrogen) atoms. The molecule has 0 saturated carbocycles. The first-order chi connectivity index (χ1) is 7.04. The van der Waals surface area contributed by atoms with Crippen LogP contribution in [0.3, 0.4) is 0 Å². The van der Waals surface area contributed by atoms with Gasteiger partial charge in [0.15, 0.2) is 0 Å². The van der Waals surface area contributed by atoms with Crippen LogP contribution in [0.2, 0.25) is 0 Å². The van der Waals surface area contributed by atoms with E-state index in [0.29, 0.717) is 12.2 Å². The fraction of sp³-hybridized carbons (Fsp3) is 0.444. The van der Waals surface area contributed by atoms with E-state index in [9.17, 15) is 9.59 Å². The van der Waals surface area contributed by atoms with Gasteiger partial charge in [0.2, 0.25) is 0 Å². The van der Waals surface area contributed by atoms with Crippen LogP contribution in [0.1, 0.15) is 29.8 Å². The number of oxazole rings is 1. The van der Waals surface area contributed by atoms with E-state index in [1.54, 1.807) is 13.8 Å². The van der Waals surface area contributed by atoms with Crippen molar-refractivity contribution in [3.05, 3.63) is 17.8 Å². The summed E-state index contributed by atoms with van der Waals surface area (Å²) in [6.07, 6.45) is 1.71. The van der Waals surface area contributed by atoms with E-state index in [2.05, 4.69) is 10.3 Å². The lowest BCUT2D eigenvalue weighted by Crippen LogP contribution is -2.40. The fourth-order valence-corrected chi connectivity index (χ4v) is 1.02. The number of aromatic nitrogens is 1. The third kappa shape index (κ3) is 2.80. The molecule has 2 N–H and O–H groups in total. The topological polar surface area (TPSA) is 92.4 Å². The summed E-state index contributed by atoms with van der Waals surface area (Å²) in [7, 11) is 0. The molecule has 1 aromatic rings. The van der Waals surface area contributed by atoms with Crippen LogP contribution < -0.4 is 5.32 Å². The number of nitrogens with one attached hydrogen (secondary N) is 1. The number of nitrogens with zero attached hydrogens (tertiary/aromatic N) is 1. The van der Waals surface area contributed by atoms with Gasteiger partial charge in [0.05, 0.1) is 6.20 Å². The maximum Gasteiger partial charge on any atom is 0.326 e. The van der Waals surface area contributed by atoms with Gasteiger partial charge in [-0.15, -0.1) is 0 Å². The summed E-state index contributed by atoms with van der Waals surface area (Å²) < 4.78 is 4.95. The maximum atomic E-state index is 11.4. The SMILES string of the molecule is CCC(NC(=O)c1ncc(C)o1)C(=O)O. The van der Waals surface area contributed by atoms with Crippen LogP contribution in [0.25, 0.3) is 0 Å². The third-order valence-electron chi connectivity index (χ3n) is 1.83. The first-order valence-electron chi connectivity index (χ1n) is 4.50. The van der Waals surface area contributed by atoms with Crippen molar-refractivity contribution < 1.29 is 19.1 Å². The fourth-order valence-electron chi connectivity index (χ4n) is 1.02. The van der Waals surface area contributed by atoms with Gasteiger partial charge in [-0.2, -0.15) is 0 Å². The zero-order chi connectivity index (χ0) is 11.4. The van der Waals surface area contributed by atoms with E-state index in [0.717, 1.165) is 0 Å². The molecule has 0 aliphatic rings. The third-order valence-corrected chi connectivity index (χ3v) is 1.83. The number of carbonyl (C=O) groups excluding carboxylic acids is 1. The summed E-state index contributed by atoms with van der Waals surface area (Å²) in [5.74, 6) is -1.30. The number of hydrogen-bond acceptors (Lipinski definition) is 4. The molecule has 0 aromatic carbocycles. The highest BCUT2D eigenvalue weighted by molar-refractivity contribution is 5.92. The van der Waals surface area contributed by atoms with Crippen molar-refractivity contribution in [2.45, 2.75) is 26.3 Å². The Bertz CT molecular complexity index is 372. The minimum absolute atomic E-state index is 0.118. The summed E-state index contributed by atoms with van der Waals surface area (Å²) in [6, 6.07) is -0.912. The molecule has 1 unspecified atom stereocenters. The molecule has 6 nitrogen and oxygen atoms in total. The molecule has 0 aliphatic heterocycles. The minimum atomic E-state index is -1.07. The largest absolute Gasteiger partial charge is 0.480 e. The number of rotatable bonds is 4. The Morgan fingerprint density at radius 1 is 1.67 bits per heavy atom. The van der Waals surface area contributed by atoms with E-state index in [-0.39, 0.29) is 5.89 Å². The van der Waals surface area contributed by atoms with Gasteiger partial charge in [-0.3, -0.25) is 4.79 Å². The van der Waals surface area contributed by atoms with Crippen LogP contribution in [0.15, 0.2) is 10.6 Å². The van der Waals surface area contributed by atoms with Crippen molar-refractivity contribution in [3.8, 4) is 0 Å². The average Bonchev–Trinajstić information content (AvgIpc) is 2.60. The van der Waals surface area contributed by atoms with E-state index in [4.69, 9.17) is 9.52 Å². The van der Waals surface area contributed by atoms with Gasteiger partial charge in [-0.25, -0.2) is 9.78 Å². The number of amides is 1. The van der Waals surface area contributed by atoms with Gasteiger partial charge < -0.3 is 14.8 Å². The van der Waals surface area contributed by atoms with Gasteiger partial charge in [-0.05, 0) is 13.3 Å². The van der Waals surface area contributed by atoms with Gasteiger partial charge >= 0.3 is 11.9 Å². The number of aryl methyl sites for hydroxylation is 1. The molecule has 0 aliphatic carbocycles. The molecule has 6 heteroatoms. The maximum absolute atomic E-state index is 11.4. The lowest BCUT2D eigenvalue weighted by molar-refractivity contribution is -0.139. The highest BCUT2D eigenvalue weighted by Crippen LogP contribution is 2.02. The summed E-state index contributed by atoms with van der Waals surface area (Å²) in [5.41, 5.74) is 0. The Kier molecular flexibility index (Phi) is 3.43. The zero-order valence-corrected chi connectivity index (χ0v) is 8.48. The quantitative estimate of drug-likeness (QED) is 0.761. The monoisotopic (exact) mass is 212 g/mol. The molecule has 1 amide bonds. The van der Waals surface area contributed by atoms with E-state index < -0.39 is 17.9 Å². The highest BCUT2D eigenvalue weighted by atomic mass is 16.4. The summed E-state index contributed by atoms with van der Waals surface area (Å²) in [5, 5.41) is 11.0. The molecular formula is C9H12N2O4. The number of aliphatic carboxylic acids is 1. The van der Waals surface area contributed by atoms with Crippen molar-refractivity contribution in [3.63, 3.8) is 0 Å². The molecule has 0 bridgehead atoms. The minimum Gasteiger partial charge on any atom is -0.480 e. The van der Waals surface area contributed by atoms with Crippen molar-refractivity contribution in [1.29, 1.82) is 0 Å². The highest BCUT2D eigenvalue weighted by Gasteiger charge is 2.20. The standard InChI is InChI=1S/C9H12N2O4/c1-3-6(9(13)14)11-7(12)8-10-4-5(2)15-8/h4,6H,3H2,1-2H3,(H,11,12)(H,13,14). The van der Waals surface area contributed by atoms with Crippen LogP contribution in [-0.2, 0) is 4.79 Å². The normalized spacial score (nSPS) is 12.1. The molecule has 1 aromatic heterocycles. The van der Waals surface area contributed by atoms with Gasteiger partial charge in [-0.1, -0.05) is 6.92 Å². The van der Waals surface area contributed by atoms with Gasteiger partial charge in [0, 0.05) is 0 Å². The molecule has 1 atom stereocenters. The molecule has 0 fully saturated rings. The molecule has 1 rings (SSSR count). The van der Waals surface area contributed by atoms with Crippen molar-refractivity contribution in [2.24, 2.45) is 0 Å². The van der Waals surface area contributed by atoms with Crippen LogP contribution in [0, 0.1) is 6.92 Å². The van der Waals surface area contributed by atoms with Crippen molar-refractivity contribution >= 4 is 11.9 Å². The number of carboxylic acids is 1. The molecule has 0 saturated heterocycles. The first kappa shape index (κ1) is 11.2. The van der Waals surface area contributed by atoms with Crippen molar-refractivity contribution in [1.82, 2.24) is 10.3 Å². The second kappa shape index (κ2) is 4.59.